The highest BCUT2D eigenvalue weighted by atomic mass is 32.2. The second-order valence-corrected chi connectivity index (χ2v) is 8.43. The van der Waals surface area contributed by atoms with Crippen LogP contribution in [0.5, 0.6) is 0 Å². The first-order valence-corrected chi connectivity index (χ1v) is 8.95. The van der Waals surface area contributed by atoms with Crippen LogP contribution in [-0.2, 0) is 33.4 Å². The normalized spacial score (nSPS) is 21.1. The lowest BCUT2D eigenvalue weighted by molar-refractivity contribution is -0.163. The molecule has 1 fully saturated rings. The molecule has 0 aliphatic carbocycles. The molecular weight excluding hydrogens is 326 g/mol. The largest absolute Gasteiger partial charge is 0.432 e. The summed E-state index contributed by atoms with van der Waals surface area (Å²) in [7, 11) is -3.75. The minimum atomic E-state index is -3.75. The van der Waals surface area contributed by atoms with Crippen molar-refractivity contribution in [1.82, 2.24) is 5.32 Å². The van der Waals surface area contributed by atoms with Gasteiger partial charge >= 0.3 is 5.97 Å². The molecule has 9 heteroatoms. The second-order valence-electron chi connectivity index (χ2n) is 6.67. The zero-order valence-electron chi connectivity index (χ0n) is 14.2. The Bertz CT molecular complexity index is 553. The van der Waals surface area contributed by atoms with E-state index >= 15 is 0 Å². The molecule has 1 aliphatic rings. The van der Waals surface area contributed by atoms with Crippen molar-refractivity contribution >= 4 is 22.0 Å². The van der Waals surface area contributed by atoms with E-state index in [9.17, 15) is 18.0 Å². The van der Waals surface area contributed by atoms with Gasteiger partial charge in [-0.2, -0.15) is 8.42 Å². The molecule has 0 aromatic rings. The lowest BCUT2D eigenvalue weighted by Gasteiger charge is -2.28. The molecule has 134 valence electrons. The van der Waals surface area contributed by atoms with Gasteiger partial charge in [-0.05, 0) is 6.42 Å². The van der Waals surface area contributed by atoms with Crippen LogP contribution in [-0.4, -0.2) is 51.1 Å². The summed E-state index contributed by atoms with van der Waals surface area (Å²) in [6, 6.07) is 0. The number of hydrogen-bond donors (Lipinski definition) is 1. The fourth-order valence-electron chi connectivity index (χ4n) is 2.02. The molecule has 0 aromatic carbocycles. The fraction of sp³-hybridized carbons (Fsp3) is 0.857. The number of ether oxygens (including phenoxy) is 2. The van der Waals surface area contributed by atoms with Crippen LogP contribution in [0.4, 0.5) is 0 Å². The summed E-state index contributed by atoms with van der Waals surface area (Å²) in [4.78, 5) is 22.5. The molecule has 1 heterocycles. The van der Waals surface area contributed by atoms with Gasteiger partial charge in [0, 0.05) is 32.7 Å². The van der Waals surface area contributed by atoms with E-state index < -0.39 is 33.4 Å². The summed E-state index contributed by atoms with van der Waals surface area (Å²) >= 11 is 0. The molecular formula is C14H25NO7S. The van der Waals surface area contributed by atoms with Crippen LogP contribution in [0.1, 0.15) is 41.0 Å². The number of carbonyl (C=O) groups is 2. The Kier molecular flexibility index (Phi) is 6.17. The quantitative estimate of drug-likeness (QED) is 0.387. The predicted octanol–water partition coefficient (Wildman–Crippen LogP) is 0.563. The zero-order chi connectivity index (χ0) is 17.9. The van der Waals surface area contributed by atoms with E-state index in [1.165, 1.54) is 6.92 Å². The summed E-state index contributed by atoms with van der Waals surface area (Å²) in [6.45, 7) is 7.98. The van der Waals surface area contributed by atoms with Gasteiger partial charge in [-0.25, -0.2) is 4.79 Å². The molecule has 23 heavy (non-hydrogen) atoms. The summed E-state index contributed by atoms with van der Waals surface area (Å²) in [5.41, 5.74) is -0.866. The Morgan fingerprint density at radius 2 is 2.00 bits per heavy atom. The van der Waals surface area contributed by atoms with Crippen LogP contribution >= 0.6 is 0 Å². The number of carbonyl (C=O) groups excluding carboxylic acids is 2. The molecule has 0 unspecified atom stereocenters. The van der Waals surface area contributed by atoms with Crippen molar-refractivity contribution in [3.63, 3.8) is 0 Å². The van der Waals surface area contributed by atoms with Gasteiger partial charge in [0.05, 0.1) is 12.4 Å². The number of amides is 1. The molecule has 1 rings (SSSR count). The standard InChI is InChI=1S/C14H25NO7S/c1-10(16)15-7-6-8-23(18,19)20-9-13(2,3)11-12(17)22-14(4,5)21-11/h11H,6-9H2,1-5H3,(H,15,16)/t11-/m0/s1. The maximum atomic E-state index is 11.9. The fourth-order valence-corrected chi connectivity index (χ4v) is 3.12. The molecule has 8 nitrogen and oxygen atoms in total. The van der Waals surface area contributed by atoms with Crippen molar-refractivity contribution in [3.8, 4) is 0 Å². The highest BCUT2D eigenvalue weighted by Gasteiger charge is 2.49. The molecule has 0 saturated carbocycles. The van der Waals surface area contributed by atoms with Crippen LogP contribution in [0, 0.1) is 5.41 Å². The average Bonchev–Trinajstić information content (AvgIpc) is 2.67. The monoisotopic (exact) mass is 351 g/mol. The van der Waals surface area contributed by atoms with E-state index in [0.717, 1.165) is 0 Å². The maximum Gasteiger partial charge on any atom is 0.338 e. The van der Waals surface area contributed by atoms with Gasteiger partial charge in [0.2, 0.25) is 11.7 Å². The van der Waals surface area contributed by atoms with Gasteiger partial charge < -0.3 is 14.8 Å². The third kappa shape index (κ3) is 6.44. The van der Waals surface area contributed by atoms with E-state index in [0.29, 0.717) is 0 Å². The minimum absolute atomic E-state index is 0.203. The van der Waals surface area contributed by atoms with Gasteiger partial charge in [0.25, 0.3) is 10.1 Å². The van der Waals surface area contributed by atoms with Crippen molar-refractivity contribution in [3.05, 3.63) is 0 Å². The van der Waals surface area contributed by atoms with Crippen LogP contribution in [0.3, 0.4) is 0 Å². The molecule has 1 amide bonds. The van der Waals surface area contributed by atoms with Crippen LogP contribution in [0.25, 0.3) is 0 Å². The first kappa shape index (κ1) is 19.9. The lowest BCUT2D eigenvalue weighted by atomic mass is 9.87. The van der Waals surface area contributed by atoms with Crippen molar-refractivity contribution < 1.29 is 31.7 Å². The molecule has 1 atom stereocenters. The van der Waals surface area contributed by atoms with Crippen molar-refractivity contribution in [2.75, 3.05) is 18.9 Å². The topological polar surface area (TPSA) is 108 Å². The van der Waals surface area contributed by atoms with E-state index in [1.54, 1.807) is 27.7 Å². The lowest BCUT2D eigenvalue weighted by Crippen LogP contribution is -2.40. The van der Waals surface area contributed by atoms with E-state index in [2.05, 4.69) is 5.32 Å². The number of cyclic esters (lactones) is 1. The third-order valence-electron chi connectivity index (χ3n) is 3.23. The number of nitrogens with one attached hydrogen (secondary N) is 1. The number of hydrogen-bond acceptors (Lipinski definition) is 7. The van der Waals surface area contributed by atoms with Crippen LogP contribution in [0.2, 0.25) is 0 Å². The zero-order valence-corrected chi connectivity index (χ0v) is 15.0. The average molecular weight is 351 g/mol. The van der Waals surface area contributed by atoms with Crippen LogP contribution in [0.15, 0.2) is 0 Å². The van der Waals surface area contributed by atoms with E-state index in [4.69, 9.17) is 13.7 Å². The van der Waals surface area contributed by atoms with Gasteiger partial charge in [-0.3, -0.25) is 8.98 Å². The van der Waals surface area contributed by atoms with Gasteiger partial charge in [-0.15, -0.1) is 0 Å². The third-order valence-corrected chi connectivity index (χ3v) is 4.49. The summed E-state index contributed by atoms with van der Waals surface area (Å²) < 4.78 is 39.3. The Labute approximate surface area is 137 Å². The summed E-state index contributed by atoms with van der Waals surface area (Å²) in [5.74, 6) is -2.00. The highest BCUT2D eigenvalue weighted by Crippen LogP contribution is 2.35. The van der Waals surface area contributed by atoms with E-state index in [1.807, 2.05) is 0 Å². The second kappa shape index (κ2) is 7.14. The Morgan fingerprint density at radius 3 is 2.48 bits per heavy atom. The maximum absolute atomic E-state index is 11.9. The Balaban J connectivity index is 2.51. The Morgan fingerprint density at radius 1 is 1.39 bits per heavy atom. The van der Waals surface area contributed by atoms with E-state index in [-0.39, 0.29) is 31.2 Å². The summed E-state index contributed by atoms with van der Waals surface area (Å²) in [6.07, 6.45) is -0.649. The number of rotatable bonds is 8. The number of esters is 1. The molecule has 0 bridgehead atoms. The molecule has 0 spiro atoms. The van der Waals surface area contributed by atoms with Crippen molar-refractivity contribution in [2.24, 2.45) is 5.41 Å². The van der Waals surface area contributed by atoms with Gasteiger partial charge in [0.1, 0.15) is 0 Å². The Hall–Kier alpha value is -1.19. The first-order valence-electron chi connectivity index (χ1n) is 7.37. The van der Waals surface area contributed by atoms with Gasteiger partial charge in [-0.1, -0.05) is 13.8 Å². The molecule has 1 saturated heterocycles. The van der Waals surface area contributed by atoms with Crippen LogP contribution < -0.4 is 5.32 Å². The predicted molar refractivity (Wildman–Crippen MR) is 81.9 cm³/mol. The highest BCUT2D eigenvalue weighted by molar-refractivity contribution is 7.86. The smallest absolute Gasteiger partial charge is 0.338 e. The summed E-state index contributed by atoms with van der Waals surface area (Å²) in [5, 5.41) is 2.51. The van der Waals surface area contributed by atoms with Crippen molar-refractivity contribution in [1.29, 1.82) is 0 Å². The minimum Gasteiger partial charge on any atom is -0.432 e. The molecule has 0 radical (unpaired) electrons. The molecule has 1 N–H and O–H groups in total. The molecule has 0 aromatic heterocycles. The molecule has 1 aliphatic heterocycles. The van der Waals surface area contributed by atoms with Crippen molar-refractivity contribution in [2.45, 2.75) is 52.9 Å². The first-order chi connectivity index (χ1) is 10.3. The van der Waals surface area contributed by atoms with Gasteiger partial charge in [0.15, 0.2) is 6.10 Å². The SMILES string of the molecule is CC(=O)NCCCS(=O)(=O)OCC(C)(C)[C@H]1OC(C)(C)OC1=O.